The van der Waals surface area contributed by atoms with Crippen LogP contribution in [-0.2, 0) is 6.54 Å². The molecule has 1 aliphatic heterocycles. The van der Waals surface area contributed by atoms with E-state index >= 15 is 0 Å². The Hall–Kier alpha value is -1.32. The van der Waals surface area contributed by atoms with Crippen molar-refractivity contribution in [3.8, 4) is 0 Å². The highest BCUT2D eigenvalue weighted by Crippen LogP contribution is 2.18. The van der Waals surface area contributed by atoms with Crippen molar-refractivity contribution in [2.45, 2.75) is 45.2 Å². The van der Waals surface area contributed by atoms with Crippen LogP contribution >= 0.6 is 0 Å². The van der Waals surface area contributed by atoms with Crippen LogP contribution < -0.4 is 5.32 Å². The predicted octanol–water partition coefficient (Wildman–Crippen LogP) is 3.52. The number of aromatic nitrogens is 1. The van der Waals surface area contributed by atoms with Gasteiger partial charge in [0.1, 0.15) is 0 Å². The van der Waals surface area contributed by atoms with E-state index in [1.807, 2.05) is 0 Å². The lowest BCUT2D eigenvalue weighted by atomic mass is 10.0. The number of nitrogens with zero attached hydrogens (tertiary/aromatic N) is 1. The third-order valence-electron chi connectivity index (χ3n) is 4.67. The lowest BCUT2D eigenvalue weighted by Crippen LogP contribution is -2.42. The summed E-state index contributed by atoms with van der Waals surface area (Å²) in [4.78, 5) is 5.98. The summed E-state index contributed by atoms with van der Waals surface area (Å²) in [6.07, 6.45) is 7.36. The Bertz CT molecular complexity index is 552. The van der Waals surface area contributed by atoms with Crippen molar-refractivity contribution < 1.29 is 0 Å². The van der Waals surface area contributed by atoms with Gasteiger partial charge in [0.25, 0.3) is 0 Å². The van der Waals surface area contributed by atoms with Gasteiger partial charge < -0.3 is 15.2 Å². The summed E-state index contributed by atoms with van der Waals surface area (Å²) in [6.45, 7) is 7.04. The molecule has 3 heteroatoms. The Balaban J connectivity index is 1.48. The molecular formula is C18H27N3. The Kier molecular flexibility index (Phi) is 4.94. The molecule has 1 aromatic heterocycles. The largest absolute Gasteiger partial charge is 0.361 e. The van der Waals surface area contributed by atoms with Gasteiger partial charge in [-0.1, -0.05) is 31.5 Å². The number of unbranched alkanes of at least 4 members (excludes halogenated alkanes) is 1. The first-order valence-electron chi connectivity index (χ1n) is 8.37. The molecule has 2 heterocycles. The predicted molar refractivity (Wildman–Crippen MR) is 89.5 cm³/mol. The molecule has 0 bridgehead atoms. The maximum absolute atomic E-state index is 3.75. The van der Waals surface area contributed by atoms with Crippen molar-refractivity contribution in [2.24, 2.45) is 0 Å². The van der Waals surface area contributed by atoms with E-state index in [9.17, 15) is 0 Å². The molecule has 1 saturated heterocycles. The zero-order valence-corrected chi connectivity index (χ0v) is 13.1. The lowest BCUT2D eigenvalue weighted by molar-refractivity contribution is 0.195. The van der Waals surface area contributed by atoms with Crippen LogP contribution in [0.3, 0.4) is 0 Å². The van der Waals surface area contributed by atoms with E-state index in [1.54, 1.807) is 0 Å². The molecule has 2 N–H and O–H groups in total. The van der Waals surface area contributed by atoms with Gasteiger partial charge in [-0.2, -0.15) is 0 Å². The van der Waals surface area contributed by atoms with Crippen LogP contribution in [-0.4, -0.2) is 35.6 Å². The van der Waals surface area contributed by atoms with Crippen molar-refractivity contribution in [2.75, 3.05) is 19.6 Å². The fourth-order valence-corrected chi connectivity index (χ4v) is 3.27. The van der Waals surface area contributed by atoms with Gasteiger partial charge in [-0.25, -0.2) is 0 Å². The van der Waals surface area contributed by atoms with Crippen LogP contribution in [0.15, 0.2) is 30.5 Å². The maximum Gasteiger partial charge on any atom is 0.0457 e. The van der Waals surface area contributed by atoms with Gasteiger partial charge in [-0.15, -0.1) is 0 Å². The molecule has 114 valence electrons. The van der Waals surface area contributed by atoms with Crippen molar-refractivity contribution in [1.29, 1.82) is 0 Å². The molecule has 0 unspecified atom stereocenters. The van der Waals surface area contributed by atoms with Crippen LogP contribution in [0.5, 0.6) is 0 Å². The number of likely N-dealkylation sites (tertiary alicyclic amines) is 1. The quantitative estimate of drug-likeness (QED) is 0.851. The number of piperidine rings is 1. The Morgan fingerprint density at radius 3 is 2.86 bits per heavy atom. The Labute approximate surface area is 127 Å². The standard InChI is InChI=1S/C18H27N3/c1-2-3-10-21-11-8-16(9-12-21)19-13-15-14-20-18-7-5-4-6-17(15)18/h4-7,14,16,19-20H,2-3,8-13H2,1H3. The van der Waals surface area contributed by atoms with Crippen LogP contribution in [0.2, 0.25) is 0 Å². The fraction of sp³-hybridized carbons (Fsp3) is 0.556. The molecule has 2 aromatic rings. The summed E-state index contributed by atoms with van der Waals surface area (Å²) in [7, 11) is 0. The van der Waals surface area contributed by atoms with Gasteiger partial charge in [0.15, 0.2) is 0 Å². The SMILES string of the molecule is CCCCN1CCC(NCc2c[nH]c3ccccc23)CC1. The molecule has 1 aliphatic rings. The maximum atomic E-state index is 3.75. The minimum atomic E-state index is 0.677. The van der Waals surface area contributed by atoms with Gasteiger partial charge in [0, 0.05) is 29.7 Å². The molecule has 0 amide bonds. The normalized spacial score (nSPS) is 17.6. The van der Waals surface area contributed by atoms with E-state index < -0.39 is 0 Å². The number of benzene rings is 1. The second-order valence-corrected chi connectivity index (χ2v) is 6.21. The monoisotopic (exact) mass is 285 g/mol. The van der Waals surface area contributed by atoms with Gasteiger partial charge in [-0.05, 0) is 50.5 Å². The van der Waals surface area contributed by atoms with E-state index in [0.717, 1.165) is 6.54 Å². The van der Waals surface area contributed by atoms with Crippen molar-refractivity contribution in [1.82, 2.24) is 15.2 Å². The van der Waals surface area contributed by atoms with Crippen molar-refractivity contribution >= 4 is 10.9 Å². The summed E-state index contributed by atoms with van der Waals surface area (Å²) in [5.74, 6) is 0. The topological polar surface area (TPSA) is 31.1 Å². The summed E-state index contributed by atoms with van der Waals surface area (Å²) in [6, 6.07) is 9.23. The van der Waals surface area contributed by atoms with Crippen LogP contribution in [0.25, 0.3) is 10.9 Å². The molecule has 0 spiro atoms. The van der Waals surface area contributed by atoms with E-state index in [0.29, 0.717) is 6.04 Å². The van der Waals surface area contributed by atoms with Crippen LogP contribution in [0.1, 0.15) is 38.2 Å². The summed E-state index contributed by atoms with van der Waals surface area (Å²) in [5.41, 5.74) is 2.63. The first-order chi connectivity index (χ1) is 10.4. The summed E-state index contributed by atoms with van der Waals surface area (Å²) < 4.78 is 0. The van der Waals surface area contributed by atoms with Crippen molar-refractivity contribution in [3.63, 3.8) is 0 Å². The highest BCUT2D eigenvalue weighted by Gasteiger charge is 2.18. The minimum absolute atomic E-state index is 0.677. The molecule has 1 fully saturated rings. The summed E-state index contributed by atoms with van der Waals surface area (Å²) >= 11 is 0. The number of hydrogen-bond acceptors (Lipinski definition) is 2. The zero-order valence-electron chi connectivity index (χ0n) is 13.1. The van der Waals surface area contributed by atoms with Crippen molar-refractivity contribution in [3.05, 3.63) is 36.0 Å². The molecule has 0 aliphatic carbocycles. The number of rotatable bonds is 6. The number of para-hydroxylation sites is 1. The number of hydrogen-bond donors (Lipinski definition) is 2. The van der Waals surface area contributed by atoms with Crippen LogP contribution in [0.4, 0.5) is 0 Å². The first-order valence-corrected chi connectivity index (χ1v) is 8.37. The molecule has 21 heavy (non-hydrogen) atoms. The molecule has 0 saturated carbocycles. The number of aromatic amines is 1. The average molecular weight is 285 g/mol. The third-order valence-corrected chi connectivity index (χ3v) is 4.67. The smallest absolute Gasteiger partial charge is 0.0457 e. The molecule has 3 rings (SSSR count). The minimum Gasteiger partial charge on any atom is -0.361 e. The molecule has 1 aromatic carbocycles. The molecule has 0 atom stereocenters. The molecular weight excluding hydrogens is 258 g/mol. The fourth-order valence-electron chi connectivity index (χ4n) is 3.27. The second kappa shape index (κ2) is 7.10. The average Bonchev–Trinajstić information content (AvgIpc) is 2.95. The van der Waals surface area contributed by atoms with E-state index in [-0.39, 0.29) is 0 Å². The summed E-state index contributed by atoms with van der Waals surface area (Å²) in [5, 5.41) is 5.10. The Morgan fingerprint density at radius 1 is 1.24 bits per heavy atom. The third kappa shape index (κ3) is 3.66. The van der Waals surface area contributed by atoms with E-state index in [4.69, 9.17) is 0 Å². The van der Waals surface area contributed by atoms with Gasteiger partial charge in [0.05, 0.1) is 0 Å². The molecule has 3 nitrogen and oxygen atoms in total. The highest BCUT2D eigenvalue weighted by atomic mass is 15.1. The van der Waals surface area contributed by atoms with E-state index in [1.165, 1.54) is 61.8 Å². The zero-order chi connectivity index (χ0) is 14.5. The second-order valence-electron chi connectivity index (χ2n) is 6.21. The number of H-pyrrole nitrogens is 1. The van der Waals surface area contributed by atoms with Gasteiger partial charge >= 0.3 is 0 Å². The van der Waals surface area contributed by atoms with Gasteiger partial charge in [0.2, 0.25) is 0 Å². The van der Waals surface area contributed by atoms with E-state index in [2.05, 4.69) is 52.6 Å². The number of fused-ring (bicyclic) bond motifs is 1. The molecule has 0 radical (unpaired) electrons. The van der Waals surface area contributed by atoms with Gasteiger partial charge in [-0.3, -0.25) is 0 Å². The number of nitrogens with one attached hydrogen (secondary N) is 2. The lowest BCUT2D eigenvalue weighted by Gasteiger charge is -2.32. The first kappa shape index (κ1) is 14.6. The van der Waals surface area contributed by atoms with Crippen LogP contribution in [0, 0.1) is 0 Å². The highest BCUT2D eigenvalue weighted by molar-refractivity contribution is 5.82. The Morgan fingerprint density at radius 2 is 2.05 bits per heavy atom.